The summed E-state index contributed by atoms with van der Waals surface area (Å²) in [6.45, 7) is 0. The molecule has 4 aromatic carbocycles. The van der Waals surface area contributed by atoms with Crippen molar-refractivity contribution in [3.05, 3.63) is 108 Å². The van der Waals surface area contributed by atoms with Gasteiger partial charge in [-0.2, -0.15) is 0 Å². The van der Waals surface area contributed by atoms with Gasteiger partial charge in [-0.25, -0.2) is 0 Å². The highest BCUT2D eigenvalue weighted by Gasteiger charge is 2.16. The molecule has 4 rings (SSSR count). The van der Waals surface area contributed by atoms with Crippen LogP contribution in [-0.4, -0.2) is 26.0 Å². The van der Waals surface area contributed by atoms with E-state index < -0.39 is 0 Å². The third-order valence-corrected chi connectivity index (χ3v) is 7.66. The molecular formula is C28H24N2O4S2. The average molecular weight is 517 g/mol. The molecule has 2 N–H and O–H groups in total. The lowest BCUT2D eigenvalue weighted by Crippen LogP contribution is -2.13. The highest BCUT2D eigenvalue weighted by atomic mass is 33.1. The molecule has 0 saturated heterocycles. The minimum absolute atomic E-state index is 0.214. The summed E-state index contributed by atoms with van der Waals surface area (Å²) >= 11 is 0. The number of amides is 2. The van der Waals surface area contributed by atoms with Crippen LogP contribution >= 0.6 is 21.6 Å². The van der Waals surface area contributed by atoms with Gasteiger partial charge in [-0.1, -0.05) is 45.9 Å². The number of carbonyl (C=O) groups is 2. The largest absolute Gasteiger partial charge is 0.497 e. The lowest BCUT2D eigenvalue weighted by atomic mass is 10.2. The molecule has 0 fully saturated rings. The van der Waals surface area contributed by atoms with Gasteiger partial charge in [-0.05, 0) is 72.8 Å². The van der Waals surface area contributed by atoms with Crippen LogP contribution in [0.25, 0.3) is 0 Å². The van der Waals surface area contributed by atoms with E-state index in [9.17, 15) is 9.59 Å². The number of hydrogen-bond acceptors (Lipinski definition) is 6. The minimum atomic E-state index is -0.214. The maximum atomic E-state index is 13.0. The lowest BCUT2D eigenvalue weighted by molar-refractivity contribution is 0.101. The summed E-state index contributed by atoms with van der Waals surface area (Å²) in [4.78, 5) is 27.6. The maximum absolute atomic E-state index is 13.0. The van der Waals surface area contributed by atoms with E-state index in [1.54, 1.807) is 74.9 Å². The first kappa shape index (κ1) is 25.2. The molecule has 0 spiro atoms. The van der Waals surface area contributed by atoms with Gasteiger partial charge in [0.1, 0.15) is 11.5 Å². The van der Waals surface area contributed by atoms with Crippen molar-refractivity contribution in [1.82, 2.24) is 0 Å². The van der Waals surface area contributed by atoms with Gasteiger partial charge < -0.3 is 20.1 Å². The molecule has 0 aliphatic rings. The van der Waals surface area contributed by atoms with Gasteiger partial charge in [0.25, 0.3) is 11.8 Å². The van der Waals surface area contributed by atoms with Crippen LogP contribution in [0.5, 0.6) is 11.5 Å². The van der Waals surface area contributed by atoms with Crippen molar-refractivity contribution >= 4 is 44.8 Å². The van der Waals surface area contributed by atoms with E-state index in [1.165, 1.54) is 21.6 Å². The third-order valence-electron chi connectivity index (χ3n) is 5.18. The van der Waals surface area contributed by atoms with Gasteiger partial charge >= 0.3 is 0 Å². The third kappa shape index (κ3) is 6.41. The highest BCUT2D eigenvalue weighted by Crippen LogP contribution is 2.40. The van der Waals surface area contributed by atoms with E-state index in [-0.39, 0.29) is 11.8 Å². The topological polar surface area (TPSA) is 76.7 Å². The number of methoxy groups -OCH3 is 2. The van der Waals surface area contributed by atoms with E-state index in [0.29, 0.717) is 22.5 Å². The fraction of sp³-hybridized carbons (Fsp3) is 0.0714. The molecule has 182 valence electrons. The van der Waals surface area contributed by atoms with Gasteiger partial charge in [-0.15, -0.1) is 0 Å². The Morgan fingerprint density at radius 3 is 1.28 bits per heavy atom. The number of rotatable bonds is 9. The minimum Gasteiger partial charge on any atom is -0.497 e. The van der Waals surface area contributed by atoms with Crippen LogP contribution in [0.1, 0.15) is 20.7 Å². The summed E-state index contributed by atoms with van der Waals surface area (Å²) in [5.74, 6) is 1.01. The number of ether oxygens (including phenoxy) is 2. The summed E-state index contributed by atoms with van der Waals surface area (Å²) in [5, 5.41) is 5.85. The molecule has 0 radical (unpaired) electrons. The fourth-order valence-electron chi connectivity index (χ4n) is 3.29. The second kappa shape index (κ2) is 12.2. The zero-order valence-electron chi connectivity index (χ0n) is 19.7. The average Bonchev–Trinajstić information content (AvgIpc) is 2.93. The molecule has 36 heavy (non-hydrogen) atoms. The first-order chi connectivity index (χ1) is 17.6. The number of anilines is 2. The summed E-state index contributed by atoms with van der Waals surface area (Å²) < 4.78 is 10.3. The van der Waals surface area contributed by atoms with Crippen molar-refractivity contribution in [2.24, 2.45) is 0 Å². The zero-order chi connectivity index (χ0) is 25.3. The molecule has 0 unspecified atom stereocenters. The van der Waals surface area contributed by atoms with Crippen LogP contribution in [0.4, 0.5) is 11.4 Å². The van der Waals surface area contributed by atoms with Crippen molar-refractivity contribution < 1.29 is 19.1 Å². The van der Waals surface area contributed by atoms with Crippen LogP contribution < -0.4 is 20.1 Å². The van der Waals surface area contributed by atoms with Crippen LogP contribution in [0, 0.1) is 0 Å². The molecule has 0 saturated carbocycles. The Bertz CT molecular complexity index is 1240. The molecule has 0 heterocycles. The molecule has 6 nitrogen and oxygen atoms in total. The quantitative estimate of drug-likeness (QED) is 0.233. The van der Waals surface area contributed by atoms with E-state index >= 15 is 0 Å². The Kier molecular flexibility index (Phi) is 8.54. The second-order valence-electron chi connectivity index (χ2n) is 7.52. The van der Waals surface area contributed by atoms with Crippen LogP contribution in [0.3, 0.4) is 0 Å². The van der Waals surface area contributed by atoms with Gasteiger partial charge in [0.15, 0.2) is 0 Å². The van der Waals surface area contributed by atoms with Crippen molar-refractivity contribution in [2.45, 2.75) is 9.79 Å². The summed E-state index contributed by atoms with van der Waals surface area (Å²) in [7, 11) is 6.05. The van der Waals surface area contributed by atoms with E-state index in [1.807, 2.05) is 36.4 Å². The molecular weight excluding hydrogens is 492 g/mol. The zero-order valence-corrected chi connectivity index (χ0v) is 21.3. The Morgan fingerprint density at radius 1 is 0.556 bits per heavy atom. The number of benzene rings is 4. The van der Waals surface area contributed by atoms with E-state index in [2.05, 4.69) is 10.6 Å². The molecule has 0 aromatic heterocycles. The summed E-state index contributed by atoms with van der Waals surface area (Å²) in [6, 6.07) is 29.1. The summed E-state index contributed by atoms with van der Waals surface area (Å²) in [5.41, 5.74) is 2.44. The number of carbonyl (C=O) groups excluding carboxylic acids is 2. The fourth-order valence-corrected chi connectivity index (χ4v) is 5.65. The Morgan fingerprint density at radius 2 is 0.917 bits per heavy atom. The maximum Gasteiger partial charge on any atom is 0.256 e. The van der Waals surface area contributed by atoms with Crippen LogP contribution in [0.2, 0.25) is 0 Å². The molecule has 4 aromatic rings. The first-order valence-electron chi connectivity index (χ1n) is 11.0. The normalized spacial score (nSPS) is 10.4. The van der Waals surface area contributed by atoms with Crippen molar-refractivity contribution in [2.75, 3.05) is 24.9 Å². The molecule has 0 aliphatic carbocycles. The number of nitrogens with one attached hydrogen (secondary N) is 2. The molecule has 0 bridgehead atoms. The first-order valence-corrected chi connectivity index (χ1v) is 13.2. The van der Waals surface area contributed by atoms with E-state index in [4.69, 9.17) is 9.47 Å². The van der Waals surface area contributed by atoms with Crippen molar-refractivity contribution in [3.63, 3.8) is 0 Å². The van der Waals surface area contributed by atoms with Crippen molar-refractivity contribution in [3.8, 4) is 11.5 Å². The molecule has 8 heteroatoms. The highest BCUT2D eigenvalue weighted by molar-refractivity contribution is 8.76. The molecule has 0 aliphatic heterocycles. The van der Waals surface area contributed by atoms with Crippen molar-refractivity contribution in [1.29, 1.82) is 0 Å². The van der Waals surface area contributed by atoms with Gasteiger partial charge in [0.2, 0.25) is 0 Å². The molecule has 2 amide bonds. The second-order valence-corrected chi connectivity index (χ2v) is 9.74. The Labute approximate surface area is 217 Å². The SMILES string of the molecule is COc1ccc(NC(=O)c2ccccc2SSc2ccccc2C(=O)Nc2ccc(OC)cc2)cc1. The van der Waals surface area contributed by atoms with Crippen LogP contribution in [0.15, 0.2) is 107 Å². The Hall–Kier alpha value is -3.88. The Balaban J connectivity index is 1.46. The monoisotopic (exact) mass is 516 g/mol. The predicted molar refractivity (Wildman–Crippen MR) is 146 cm³/mol. The predicted octanol–water partition coefficient (Wildman–Crippen LogP) is 7.01. The lowest BCUT2D eigenvalue weighted by Gasteiger charge is -2.12. The van der Waals surface area contributed by atoms with Gasteiger partial charge in [-0.3, -0.25) is 9.59 Å². The number of hydrogen-bond donors (Lipinski definition) is 2. The smallest absolute Gasteiger partial charge is 0.256 e. The van der Waals surface area contributed by atoms with Gasteiger partial charge in [0, 0.05) is 21.2 Å². The van der Waals surface area contributed by atoms with Crippen LogP contribution in [-0.2, 0) is 0 Å². The standard InChI is InChI=1S/C28H24N2O4S2/c1-33-21-15-11-19(12-16-21)29-27(31)23-7-3-5-9-25(23)35-36-26-10-6-4-8-24(26)28(32)30-20-13-17-22(34-2)18-14-20/h3-18H,1-2H3,(H,29,31)(H,30,32). The van der Waals surface area contributed by atoms with Gasteiger partial charge in [0.05, 0.1) is 25.3 Å². The van der Waals surface area contributed by atoms with E-state index in [0.717, 1.165) is 21.3 Å². The molecule has 0 atom stereocenters. The summed E-state index contributed by atoms with van der Waals surface area (Å²) in [6.07, 6.45) is 0.